The summed E-state index contributed by atoms with van der Waals surface area (Å²) in [5.41, 5.74) is 1.78. The summed E-state index contributed by atoms with van der Waals surface area (Å²) in [5.74, 6) is -0.0955. The molecule has 9 nitrogen and oxygen atoms in total. The normalized spacial score (nSPS) is 25.0. The Kier molecular flexibility index (Phi) is 7.50. The van der Waals surface area contributed by atoms with Gasteiger partial charge in [-0.2, -0.15) is 18.2 Å². The number of rotatable bonds is 7. The van der Waals surface area contributed by atoms with E-state index in [1.165, 1.54) is 11.3 Å². The molecule has 4 N–H and O–H groups in total. The van der Waals surface area contributed by atoms with E-state index in [0.717, 1.165) is 23.3 Å². The Morgan fingerprint density at radius 3 is 2.59 bits per heavy atom. The quantitative estimate of drug-likeness (QED) is 0.360. The van der Waals surface area contributed by atoms with Gasteiger partial charge in [-0.3, -0.25) is 4.90 Å². The maximum Gasteiger partial charge on any atom is 0.405 e. The number of hydrogen-bond acceptors (Lipinski definition) is 10. The number of alkyl halides is 3. The number of benzene rings is 1. The number of aliphatic hydroxyl groups excluding tert-OH is 2. The molecule has 1 unspecified atom stereocenters. The summed E-state index contributed by atoms with van der Waals surface area (Å²) < 4.78 is 44.9. The Balaban J connectivity index is 1.44. The molecule has 1 saturated carbocycles. The zero-order valence-electron chi connectivity index (χ0n) is 20.2. The van der Waals surface area contributed by atoms with E-state index >= 15 is 0 Å². The summed E-state index contributed by atoms with van der Waals surface area (Å²) in [6.07, 6.45) is -5.99. The van der Waals surface area contributed by atoms with Crippen LogP contribution in [-0.2, 0) is 4.74 Å². The molecular formula is C24H29F3N6O3S. The van der Waals surface area contributed by atoms with E-state index in [0.29, 0.717) is 42.4 Å². The summed E-state index contributed by atoms with van der Waals surface area (Å²) in [6.45, 7) is 3.81. The first-order chi connectivity index (χ1) is 17.7. The number of aryl methyl sites for hydroxylation is 1. The number of thiazole rings is 1. The highest BCUT2D eigenvalue weighted by Crippen LogP contribution is 2.38. The molecule has 1 aromatic carbocycles. The van der Waals surface area contributed by atoms with E-state index < -0.39 is 31.0 Å². The minimum atomic E-state index is -4.44. The standard InChI is InChI=1S/C24H29F3N6O3S/c1-13-18(22-31-15-4-2-3-5-17(15)37-22)21(32-23(29-13)28-12-24(25,26)27)30-16-10-14(19(34)20(16)35)11-33-6-8-36-9-7-33/h2-5,14,16,19-20,34-35H,6-12H2,1H3,(H2,28,29,30,32)/t14-,16?,19-,20+/m1/s1. The summed E-state index contributed by atoms with van der Waals surface area (Å²) in [6, 6.07) is 7.04. The molecule has 5 rings (SSSR count). The molecule has 0 spiro atoms. The third-order valence-electron chi connectivity index (χ3n) is 6.76. The first kappa shape index (κ1) is 26.0. The van der Waals surface area contributed by atoms with Crippen LogP contribution < -0.4 is 10.6 Å². The van der Waals surface area contributed by atoms with Crippen LogP contribution >= 0.6 is 11.3 Å². The monoisotopic (exact) mass is 538 g/mol. The van der Waals surface area contributed by atoms with E-state index in [1.54, 1.807) is 6.92 Å². The maximum atomic E-state index is 12.8. The fraction of sp³-hybridized carbons (Fsp3) is 0.542. The SMILES string of the molecule is Cc1nc(NCC(F)(F)F)nc(NC2C[C@H](CN3CCOCC3)[C@@H](O)[C@H]2O)c1-c1nc2ccccc2s1. The minimum absolute atomic E-state index is 0.178. The van der Waals surface area contributed by atoms with Crippen LogP contribution in [0.3, 0.4) is 0 Å². The number of ether oxygens (including phenoxy) is 1. The number of hydrogen-bond donors (Lipinski definition) is 4. The van der Waals surface area contributed by atoms with Gasteiger partial charge < -0.3 is 25.6 Å². The summed E-state index contributed by atoms with van der Waals surface area (Å²) >= 11 is 1.42. The van der Waals surface area contributed by atoms with Crippen molar-refractivity contribution in [1.82, 2.24) is 19.9 Å². The molecular weight excluding hydrogens is 509 g/mol. The van der Waals surface area contributed by atoms with Crippen molar-refractivity contribution >= 4 is 33.3 Å². The molecule has 1 aliphatic heterocycles. The summed E-state index contributed by atoms with van der Waals surface area (Å²) in [4.78, 5) is 15.5. The van der Waals surface area contributed by atoms with Crippen molar-refractivity contribution in [3.8, 4) is 10.6 Å². The molecule has 1 saturated heterocycles. The number of aromatic nitrogens is 3. The highest BCUT2D eigenvalue weighted by Gasteiger charge is 2.42. The summed E-state index contributed by atoms with van der Waals surface area (Å²) in [7, 11) is 0. The van der Waals surface area contributed by atoms with Gasteiger partial charge >= 0.3 is 6.18 Å². The van der Waals surface area contributed by atoms with Crippen LogP contribution in [0.2, 0.25) is 0 Å². The first-order valence-electron chi connectivity index (χ1n) is 12.2. The van der Waals surface area contributed by atoms with Crippen molar-refractivity contribution in [1.29, 1.82) is 0 Å². The number of para-hydroxylation sites is 1. The molecule has 4 atom stereocenters. The number of anilines is 2. The average Bonchev–Trinajstić information content (AvgIpc) is 3.39. The predicted octanol–water partition coefficient (Wildman–Crippen LogP) is 2.89. The lowest BCUT2D eigenvalue weighted by atomic mass is 10.0. The van der Waals surface area contributed by atoms with Gasteiger partial charge in [-0.15, -0.1) is 11.3 Å². The van der Waals surface area contributed by atoms with Gasteiger partial charge in [0.1, 0.15) is 23.5 Å². The molecule has 2 aliphatic rings. The Morgan fingerprint density at radius 1 is 1.11 bits per heavy atom. The maximum absolute atomic E-state index is 12.8. The fourth-order valence-corrected chi connectivity index (χ4v) is 5.97. The Bertz CT molecular complexity index is 1200. The first-order valence-corrected chi connectivity index (χ1v) is 13.0. The Labute approximate surface area is 215 Å². The van der Waals surface area contributed by atoms with Crippen LogP contribution in [0.1, 0.15) is 12.1 Å². The molecule has 3 aromatic rings. The second-order valence-electron chi connectivity index (χ2n) is 9.45. The molecule has 0 radical (unpaired) electrons. The molecule has 37 heavy (non-hydrogen) atoms. The lowest BCUT2D eigenvalue weighted by Gasteiger charge is -2.30. The van der Waals surface area contributed by atoms with Crippen molar-refractivity contribution in [2.24, 2.45) is 5.92 Å². The van der Waals surface area contributed by atoms with Gasteiger partial charge in [-0.05, 0) is 25.5 Å². The Morgan fingerprint density at radius 2 is 1.86 bits per heavy atom. The number of morpholine rings is 1. The zero-order chi connectivity index (χ0) is 26.2. The Hall–Kier alpha value is -2.58. The molecule has 2 aromatic heterocycles. The van der Waals surface area contributed by atoms with E-state index in [9.17, 15) is 23.4 Å². The molecule has 13 heteroatoms. The second kappa shape index (κ2) is 10.7. The van der Waals surface area contributed by atoms with Crippen LogP contribution in [0.15, 0.2) is 24.3 Å². The number of nitrogens with one attached hydrogen (secondary N) is 2. The summed E-state index contributed by atoms with van der Waals surface area (Å²) in [5, 5.41) is 27.7. The van der Waals surface area contributed by atoms with Gasteiger partial charge in [-0.1, -0.05) is 12.1 Å². The number of nitrogens with zero attached hydrogens (tertiary/aromatic N) is 4. The van der Waals surface area contributed by atoms with Crippen LogP contribution in [0.25, 0.3) is 20.8 Å². The van der Waals surface area contributed by atoms with Crippen molar-refractivity contribution in [3.05, 3.63) is 30.0 Å². The number of halogens is 3. The van der Waals surface area contributed by atoms with Crippen molar-refractivity contribution in [2.45, 2.75) is 37.8 Å². The van der Waals surface area contributed by atoms with Crippen LogP contribution in [0, 0.1) is 12.8 Å². The average molecular weight is 539 g/mol. The van der Waals surface area contributed by atoms with Gasteiger partial charge in [0.15, 0.2) is 0 Å². The van der Waals surface area contributed by atoms with Crippen molar-refractivity contribution in [2.75, 3.05) is 50.0 Å². The highest BCUT2D eigenvalue weighted by atomic mass is 32.1. The van der Waals surface area contributed by atoms with Crippen LogP contribution in [0.4, 0.5) is 24.9 Å². The molecule has 200 valence electrons. The lowest BCUT2D eigenvalue weighted by Crippen LogP contribution is -2.42. The van der Waals surface area contributed by atoms with Gasteiger partial charge in [0.05, 0.1) is 46.8 Å². The molecule has 2 fully saturated rings. The minimum Gasteiger partial charge on any atom is -0.390 e. The van der Waals surface area contributed by atoms with Crippen molar-refractivity contribution < 1.29 is 28.1 Å². The molecule has 3 heterocycles. The third-order valence-corrected chi connectivity index (χ3v) is 7.82. The third kappa shape index (κ3) is 5.96. The predicted molar refractivity (Wildman–Crippen MR) is 135 cm³/mol. The largest absolute Gasteiger partial charge is 0.405 e. The fourth-order valence-electron chi connectivity index (χ4n) is 4.91. The van der Waals surface area contributed by atoms with Gasteiger partial charge in [-0.25, -0.2) is 9.97 Å². The van der Waals surface area contributed by atoms with Gasteiger partial charge in [0.2, 0.25) is 5.95 Å². The molecule has 0 bridgehead atoms. The van der Waals surface area contributed by atoms with Gasteiger partial charge in [0, 0.05) is 25.6 Å². The van der Waals surface area contributed by atoms with E-state index in [-0.39, 0.29) is 17.7 Å². The number of fused-ring (bicyclic) bond motifs is 1. The smallest absolute Gasteiger partial charge is 0.390 e. The van der Waals surface area contributed by atoms with E-state index in [4.69, 9.17) is 4.74 Å². The van der Waals surface area contributed by atoms with E-state index in [1.807, 2.05) is 24.3 Å². The van der Waals surface area contributed by atoms with Crippen molar-refractivity contribution in [3.63, 3.8) is 0 Å². The lowest BCUT2D eigenvalue weighted by molar-refractivity contribution is -0.115. The topological polar surface area (TPSA) is 116 Å². The zero-order valence-corrected chi connectivity index (χ0v) is 21.0. The number of aliphatic hydroxyl groups is 2. The highest BCUT2D eigenvalue weighted by molar-refractivity contribution is 7.21. The van der Waals surface area contributed by atoms with Gasteiger partial charge in [0.25, 0.3) is 0 Å². The molecule has 1 aliphatic carbocycles. The van der Waals surface area contributed by atoms with Crippen LogP contribution in [-0.4, -0.2) is 93.9 Å². The molecule has 0 amide bonds. The second-order valence-corrected chi connectivity index (χ2v) is 10.5. The van der Waals surface area contributed by atoms with Crippen LogP contribution in [0.5, 0.6) is 0 Å². The van der Waals surface area contributed by atoms with E-state index in [2.05, 4.69) is 30.5 Å².